The number of ether oxygens (including phenoxy) is 1. The molecule has 0 bridgehead atoms. The molecule has 0 aliphatic heterocycles. The van der Waals surface area contributed by atoms with Gasteiger partial charge in [-0.2, -0.15) is 18.2 Å². The molecule has 3 amide bonds. The Morgan fingerprint density at radius 1 is 1.00 bits per heavy atom. The van der Waals surface area contributed by atoms with Gasteiger partial charge in [-0.3, -0.25) is 9.59 Å². The van der Waals surface area contributed by atoms with Crippen LogP contribution in [0.25, 0.3) is 0 Å². The van der Waals surface area contributed by atoms with E-state index in [-0.39, 0.29) is 28.7 Å². The Morgan fingerprint density at radius 2 is 1.68 bits per heavy atom. The fourth-order valence-corrected chi connectivity index (χ4v) is 3.67. The topological polar surface area (TPSA) is 172 Å². The van der Waals surface area contributed by atoms with Gasteiger partial charge in [-0.05, 0) is 69.7 Å². The highest BCUT2D eigenvalue weighted by molar-refractivity contribution is 6.07. The number of alkyl halides is 3. The number of alkyl carbamates (subject to hydrolysis) is 1. The molecule has 1 aromatic heterocycles. The van der Waals surface area contributed by atoms with E-state index in [1.54, 1.807) is 45.0 Å². The zero-order chi connectivity index (χ0) is 32.5. The number of nitrogens with one attached hydrogen (secondary N) is 5. The Morgan fingerprint density at radius 3 is 2.30 bits per heavy atom. The molecule has 0 saturated heterocycles. The molecule has 12 nitrogen and oxygen atoms in total. The Hall–Kier alpha value is -5.08. The molecule has 3 rings (SSSR count). The van der Waals surface area contributed by atoms with Crippen LogP contribution in [0.2, 0.25) is 0 Å². The summed E-state index contributed by atoms with van der Waals surface area (Å²) in [5, 5.41) is 13.2. The lowest BCUT2D eigenvalue weighted by atomic mass is 10.2. The van der Waals surface area contributed by atoms with Crippen molar-refractivity contribution >= 4 is 46.7 Å². The monoisotopic (exact) mass is 616 g/mol. The number of nitrogens with zero attached hydrogens (tertiary/aromatic N) is 2. The molecular weight excluding hydrogens is 581 g/mol. The smallest absolute Gasteiger partial charge is 0.410 e. The molecule has 7 N–H and O–H groups in total. The van der Waals surface area contributed by atoms with Crippen LogP contribution in [-0.2, 0) is 4.74 Å². The number of primary amides is 1. The number of nitrogens with two attached hydrogens (primary N) is 1. The number of carbonyl (C=O) groups is 3. The molecule has 3 aromatic rings. The molecule has 1 heterocycles. The van der Waals surface area contributed by atoms with Gasteiger partial charge in [0, 0.05) is 41.9 Å². The lowest BCUT2D eigenvalue weighted by Crippen LogP contribution is -2.46. The first kappa shape index (κ1) is 33.4. The van der Waals surface area contributed by atoms with Crippen molar-refractivity contribution in [3.8, 4) is 0 Å². The first-order valence-corrected chi connectivity index (χ1v) is 13.6. The predicted octanol–water partition coefficient (Wildman–Crippen LogP) is 5.26. The first-order valence-electron chi connectivity index (χ1n) is 13.6. The summed E-state index contributed by atoms with van der Waals surface area (Å²) >= 11 is 0. The fraction of sp³-hybridized carbons (Fsp3) is 0.345. The van der Waals surface area contributed by atoms with E-state index in [2.05, 4.69) is 36.6 Å². The van der Waals surface area contributed by atoms with Crippen LogP contribution < -0.4 is 32.3 Å². The normalized spacial score (nSPS) is 12.1. The average Bonchev–Trinajstić information content (AvgIpc) is 2.93. The van der Waals surface area contributed by atoms with Crippen LogP contribution in [0.5, 0.6) is 0 Å². The third-order valence-electron chi connectivity index (χ3n) is 5.71. The molecule has 0 saturated carbocycles. The Bertz CT molecular complexity index is 1460. The predicted molar refractivity (Wildman–Crippen MR) is 161 cm³/mol. The van der Waals surface area contributed by atoms with E-state index in [0.717, 1.165) is 6.42 Å². The van der Waals surface area contributed by atoms with Gasteiger partial charge in [-0.25, -0.2) is 9.78 Å². The summed E-state index contributed by atoms with van der Waals surface area (Å²) < 4.78 is 46.2. The molecule has 0 aliphatic rings. The van der Waals surface area contributed by atoms with Crippen molar-refractivity contribution in [2.24, 2.45) is 5.73 Å². The highest BCUT2D eigenvalue weighted by atomic mass is 19.4. The summed E-state index contributed by atoms with van der Waals surface area (Å²) in [6.07, 6.45) is -3.64. The van der Waals surface area contributed by atoms with E-state index >= 15 is 0 Å². The van der Waals surface area contributed by atoms with Gasteiger partial charge in [0.25, 0.3) is 5.91 Å². The molecule has 0 spiro atoms. The molecule has 0 fully saturated rings. The van der Waals surface area contributed by atoms with Crippen LogP contribution in [0.15, 0.2) is 54.7 Å². The summed E-state index contributed by atoms with van der Waals surface area (Å²) in [7, 11) is 0. The number of anilines is 5. The number of amides is 3. The van der Waals surface area contributed by atoms with E-state index in [9.17, 15) is 27.6 Å². The summed E-state index contributed by atoms with van der Waals surface area (Å²) in [6, 6.07) is 9.91. The minimum atomic E-state index is -4.70. The molecule has 1 atom stereocenters. The molecule has 236 valence electrons. The summed E-state index contributed by atoms with van der Waals surface area (Å²) in [5.74, 6) is -0.755. The zero-order valence-electron chi connectivity index (χ0n) is 24.6. The molecule has 15 heteroatoms. The van der Waals surface area contributed by atoms with Crippen molar-refractivity contribution in [1.29, 1.82) is 0 Å². The second kappa shape index (κ2) is 14.4. The van der Waals surface area contributed by atoms with E-state index < -0.39 is 42.3 Å². The van der Waals surface area contributed by atoms with Gasteiger partial charge in [0.15, 0.2) is 0 Å². The van der Waals surface area contributed by atoms with Crippen LogP contribution in [0.1, 0.15) is 54.8 Å². The van der Waals surface area contributed by atoms with Gasteiger partial charge in [-0.1, -0.05) is 13.0 Å². The summed E-state index contributed by atoms with van der Waals surface area (Å²) in [5.41, 5.74) is 5.67. The lowest BCUT2D eigenvalue weighted by Gasteiger charge is -2.25. The van der Waals surface area contributed by atoms with Gasteiger partial charge in [0.05, 0.1) is 0 Å². The third-order valence-corrected chi connectivity index (χ3v) is 5.71. The van der Waals surface area contributed by atoms with Crippen molar-refractivity contribution in [2.75, 3.05) is 34.4 Å². The van der Waals surface area contributed by atoms with Crippen LogP contribution in [0.3, 0.4) is 0 Å². The van der Waals surface area contributed by atoms with Crippen LogP contribution in [-0.4, -0.2) is 58.8 Å². The second-order valence-corrected chi connectivity index (χ2v) is 10.6. The number of carbonyl (C=O) groups excluding carboxylic acids is 3. The van der Waals surface area contributed by atoms with Gasteiger partial charge in [0.2, 0.25) is 11.9 Å². The van der Waals surface area contributed by atoms with Crippen LogP contribution >= 0.6 is 0 Å². The van der Waals surface area contributed by atoms with E-state index in [1.165, 1.54) is 30.5 Å². The Kier molecular flexibility index (Phi) is 10.9. The third kappa shape index (κ3) is 10.3. The molecule has 0 aliphatic carbocycles. The number of halogens is 3. The molecule has 2 aromatic carbocycles. The van der Waals surface area contributed by atoms with Crippen molar-refractivity contribution in [2.45, 2.75) is 51.9 Å². The highest BCUT2D eigenvalue weighted by Crippen LogP contribution is 2.26. The maximum Gasteiger partial charge on any atom is 0.410 e. The minimum absolute atomic E-state index is 0.0543. The number of hydrogen-bond acceptors (Lipinski definition) is 9. The zero-order valence-corrected chi connectivity index (χ0v) is 24.6. The Balaban J connectivity index is 1.74. The standard InChI is InChI=1S/C29H35F3N8O4/c1-5-13-34-24-21(15-35-26(40-24)39-18-11-9-17(10-12-18)23(33)41)25(42)38-20-8-6-7-19(14-20)37-22(29(30,31)32)16-36-27(43)44-28(2,3)4/h6-12,14-15,22,37H,5,13,16H2,1-4H3,(H2,33,41)(H,36,43)(H,38,42)(H2,34,35,39,40). The largest absolute Gasteiger partial charge is 0.444 e. The SMILES string of the molecule is CCCNc1nc(Nc2ccc(C(N)=O)cc2)ncc1C(=O)Nc1cccc(NC(CNC(=O)OC(C)(C)C)C(F)(F)F)c1. The first-order chi connectivity index (χ1) is 20.6. The van der Waals surface area contributed by atoms with Crippen molar-refractivity contribution in [3.05, 3.63) is 65.9 Å². The average molecular weight is 617 g/mol. The molecule has 0 radical (unpaired) electrons. The number of benzene rings is 2. The quantitative estimate of drug-likeness (QED) is 0.159. The summed E-state index contributed by atoms with van der Waals surface area (Å²) in [6.45, 7) is 6.44. The van der Waals surface area contributed by atoms with Gasteiger partial charge in [0.1, 0.15) is 23.0 Å². The van der Waals surface area contributed by atoms with Crippen LogP contribution in [0, 0.1) is 0 Å². The number of aromatic nitrogens is 2. The van der Waals surface area contributed by atoms with Crippen LogP contribution in [0.4, 0.5) is 46.8 Å². The Labute approximate surface area is 252 Å². The minimum Gasteiger partial charge on any atom is -0.444 e. The van der Waals surface area contributed by atoms with E-state index in [1.807, 2.05) is 6.92 Å². The highest BCUT2D eigenvalue weighted by Gasteiger charge is 2.40. The fourth-order valence-electron chi connectivity index (χ4n) is 3.67. The molecular formula is C29H35F3N8O4. The van der Waals surface area contributed by atoms with E-state index in [4.69, 9.17) is 10.5 Å². The maximum atomic E-state index is 13.7. The van der Waals surface area contributed by atoms with Gasteiger partial charge in [-0.15, -0.1) is 0 Å². The number of hydrogen-bond donors (Lipinski definition) is 6. The van der Waals surface area contributed by atoms with Gasteiger partial charge < -0.3 is 37.1 Å². The lowest BCUT2D eigenvalue weighted by molar-refractivity contribution is -0.141. The van der Waals surface area contributed by atoms with Crippen molar-refractivity contribution < 1.29 is 32.3 Å². The van der Waals surface area contributed by atoms with E-state index in [0.29, 0.717) is 17.8 Å². The molecule has 1 unspecified atom stereocenters. The molecule has 44 heavy (non-hydrogen) atoms. The number of rotatable bonds is 12. The maximum absolute atomic E-state index is 13.7. The van der Waals surface area contributed by atoms with Crippen molar-refractivity contribution in [1.82, 2.24) is 15.3 Å². The van der Waals surface area contributed by atoms with Crippen molar-refractivity contribution in [3.63, 3.8) is 0 Å². The second-order valence-electron chi connectivity index (χ2n) is 10.6. The summed E-state index contributed by atoms with van der Waals surface area (Å²) in [4.78, 5) is 45.0. The van der Waals surface area contributed by atoms with Gasteiger partial charge >= 0.3 is 12.3 Å².